The molecule has 2 aromatic rings. The molecule has 0 bridgehead atoms. The molecule has 3 nitrogen and oxygen atoms in total. The Labute approximate surface area is 109 Å². The van der Waals surface area contributed by atoms with E-state index in [0.29, 0.717) is 12.1 Å². The van der Waals surface area contributed by atoms with Crippen LogP contribution in [0.2, 0.25) is 0 Å². The van der Waals surface area contributed by atoms with Gasteiger partial charge in [0, 0.05) is 25.3 Å². The maximum absolute atomic E-state index is 4.22. The highest BCUT2D eigenvalue weighted by atomic mass is 15.3. The number of rotatable bonds is 5. The summed E-state index contributed by atoms with van der Waals surface area (Å²) >= 11 is 0. The molecule has 0 aliphatic heterocycles. The fraction of sp³-hybridized carbons (Fsp3) is 0.400. The van der Waals surface area contributed by atoms with E-state index in [1.54, 1.807) is 0 Å². The average molecular weight is 243 g/mol. The molecule has 2 rings (SSSR count). The number of hydrogen-bond acceptors (Lipinski definition) is 2. The Hall–Kier alpha value is -1.61. The zero-order chi connectivity index (χ0) is 13.0. The molecule has 0 fully saturated rings. The third kappa shape index (κ3) is 2.79. The van der Waals surface area contributed by atoms with Gasteiger partial charge in [-0.05, 0) is 25.0 Å². The van der Waals surface area contributed by atoms with E-state index >= 15 is 0 Å². The molecule has 2 unspecified atom stereocenters. The summed E-state index contributed by atoms with van der Waals surface area (Å²) in [5, 5.41) is 7.89. The molecule has 0 radical (unpaired) electrons. The van der Waals surface area contributed by atoms with Gasteiger partial charge in [0.15, 0.2) is 0 Å². The number of aromatic nitrogens is 2. The van der Waals surface area contributed by atoms with Gasteiger partial charge in [0.05, 0.1) is 5.69 Å². The first-order valence-corrected chi connectivity index (χ1v) is 6.51. The zero-order valence-electron chi connectivity index (χ0n) is 11.3. The molecule has 0 saturated carbocycles. The minimum atomic E-state index is 0.294. The maximum Gasteiger partial charge on any atom is 0.0547 e. The van der Waals surface area contributed by atoms with E-state index in [2.05, 4.69) is 60.7 Å². The Balaban J connectivity index is 2.10. The average Bonchev–Trinajstić information content (AvgIpc) is 2.83. The number of nitrogens with zero attached hydrogens (tertiary/aromatic N) is 2. The van der Waals surface area contributed by atoms with Crippen LogP contribution < -0.4 is 5.32 Å². The van der Waals surface area contributed by atoms with Crippen molar-refractivity contribution in [1.29, 1.82) is 0 Å². The number of hydrogen-bond donors (Lipinski definition) is 1. The van der Waals surface area contributed by atoms with Gasteiger partial charge in [-0.3, -0.25) is 4.68 Å². The van der Waals surface area contributed by atoms with Crippen molar-refractivity contribution in [2.24, 2.45) is 7.05 Å². The SMILES string of the molecule is CCC(NC(C)c1ccnn1C)c1ccccc1. The molecular formula is C15H21N3. The van der Waals surface area contributed by atoms with E-state index in [1.807, 2.05) is 17.9 Å². The van der Waals surface area contributed by atoms with Gasteiger partial charge in [0.1, 0.15) is 0 Å². The lowest BCUT2D eigenvalue weighted by molar-refractivity contribution is 0.438. The van der Waals surface area contributed by atoms with E-state index < -0.39 is 0 Å². The predicted molar refractivity (Wildman–Crippen MR) is 74.2 cm³/mol. The second-order valence-corrected chi connectivity index (χ2v) is 4.64. The van der Waals surface area contributed by atoms with E-state index in [1.165, 1.54) is 11.3 Å². The van der Waals surface area contributed by atoms with Gasteiger partial charge in [-0.1, -0.05) is 37.3 Å². The Morgan fingerprint density at radius 1 is 1.22 bits per heavy atom. The van der Waals surface area contributed by atoms with Crippen LogP contribution in [0.15, 0.2) is 42.6 Å². The Morgan fingerprint density at radius 3 is 2.50 bits per heavy atom. The fourth-order valence-electron chi connectivity index (χ4n) is 2.33. The second kappa shape index (κ2) is 5.83. The highest BCUT2D eigenvalue weighted by molar-refractivity contribution is 5.19. The molecule has 1 heterocycles. The molecule has 96 valence electrons. The Morgan fingerprint density at radius 2 is 1.94 bits per heavy atom. The second-order valence-electron chi connectivity index (χ2n) is 4.64. The summed E-state index contributed by atoms with van der Waals surface area (Å²) in [7, 11) is 1.98. The van der Waals surface area contributed by atoms with Crippen molar-refractivity contribution in [3.63, 3.8) is 0 Å². The third-order valence-electron chi connectivity index (χ3n) is 3.36. The van der Waals surface area contributed by atoms with Gasteiger partial charge in [-0.2, -0.15) is 5.10 Å². The first kappa shape index (κ1) is 12.8. The van der Waals surface area contributed by atoms with Crippen molar-refractivity contribution in [1.82, 2.24) is 15.1 Å². The molecule has 0 aliphatic rings. The molecule has 18 heavy (non-hydrogen) atoms. The standard InChI is InChI=1S/C15H21N3/c1-4-14(13-8-6-5-7-9-13)17-12(2)15-10-11-16-18(15)3/h5-12,14,17H,4H2,1-3H3. The summed E-state index contributed by atoms with van der Waals surface area (Å²) in [6, 6.07) is 13.3. The number of aryl methyl sites for hydroxylation is 1. The molecule has 2 atom stereocenters. The van der Waals surface area contributed by atoms with Crippen LogP contribution in [-0.4, -0.2) is 9.78 Å². The van der Waals surface area contributed by atoms with Crippen LogP contribution in [0, 0.1) is 0 Å². The molecule has 1 aromatic carbocycles. The van der Waals surface area contributed by atoms with Crippen molar-refractivity contribution in [3.05, 3.63) is 53.9 Å². The van der Waals surface area contributed by atoms with Crippen molar-refractivity contribution in [2.45, 2.75) is 32.4 Å². The molecule has 0 aliphatic carbocycles. The summed E-state index contributed by atoms with van der Waals surface area (Å²) in [6.07, 6.45) is 2.92. The maximum atomic E-state index is 4.22. The lowest BCUT2D eigenvalue weighted by atomic mass is 10.0. The van der Waals surface area contributed by atoms with Crippen LogP contribution in [0.1, 0.15) is 43.6 Å². The molecule has 0 spiro atoms. The summed E-state index contributed by atoms with van der Waals surface area (Å²) < 4.78 is 1.93. The van der Waals surface area contributed by atoms with Crippen molar-refractivity contribution in [3.8, 4) is 0 Å². The van der Waals surface area contributed by atoms with Crippen LogP contribution in [0.4, 0.5) is 0 Å². The van der Waals surface area contributed by atoms with Gasteiger partial charge in [0.25, 0.3) is 0 Å². The summed E-state index contributed by atoms with van der Waals surface area (Å²) in [4.78, 5) is 0. The van der Waals surface area contributed by atoms with Crippen LogP contribution in [0.25, 0.3) is 0 Å². The zero-order valence-corrected chi connectivity index (χ0v) is 11.3. The third-order valence-corrected chi connectivity index (χ3v) is 3.36. The topological polar surface area (TPSA) is 29.9 Å². The highest BCUT2D eigenvalue weighted by Crippen LogP contribution is 2.21. The molecule has 1 aromatic heterocycles. The largest absolute Gasteiger partial charge is 0.302 e. The first-order valence-electron chi connectivity index (χ1n) is 6.51. The summed E-state index contributed by atoms with van der Waals surface area (Å²) in [6.45, 7) is 4.39. The monoisotopic (exact) mass is 243 g/mol. The number of nitrogens with one attached hydrogen (secondary N) is 1. The Kier molecular flexibility index (Phi) is 4.15. The first-order chi connectivity index (χ1) is 8.72. The van der Waals surface area contributed by atoms with Crippen molar-refractivity contribution in [2.75, 3.05) is 0 Å². The summed E-state index contributed by atoms with van der Waals surface area (Å²) in [5.41, 5.74) is 2.55. The van der Waals surface area contributed by atoms with E-state index in [-0.39, 0.29) is 0 Å². The van der Waals surface area contributed by atoms with Crippen LogP contribution in [0.5, 0.6) is 0 Å². The number of benzene rings is 1. The minimum Gasteiger partial charge on any atom is -0.302 e. The van der Waals surface area contributed by atoms with E-state index in [4.69, 9.17) is 0 Å². The molecule has 0 saturated heterocycles. The highest BCUT2D eigenvalue weighted by Gasteiger charge is 2.15. The Bertz CT molecular complexity index is 475. The van der Waals surface area contributed by atoms with Crippen LogP contribution >= 0.6 is 0 Å². The predicted octanol–water partition coefficient (Wildman–Crippen LogP) is 3.22. The molecule has 1 N–H and O–H groups in total. The molecular weight excluding hydrogens is 222 g/mol. The quantitative estimate of drug-likeness (QED) is 0.873. The van der Waals surface area contributed by atoms with Crippen LogP contribution in [-0.2, 0) is 7.05 Å². The normalized spacial score (nSPS) is 14.4. The summed E-state index contributed by atoms with van der Waals surface area (Å²) in [5.74, 6) is 0. The van der Waals surface area contributed by atoms with Gasteiger partial charge < -0.3 is 5.32 Å². The minimum absolute atomic E-state index is 0.294. The van der Waals surface area contributed by atoms with E-state index in [9.17, 15) is 0 Å². The van der Waals surface area contributed by atoms with E-state index in [0.717, 1.165) is 6.42 Å². The lowest BCUT2D eigenvalue weighted by Crippen LogP contribution is -2.25. The van der Waals surface area contributed by atoms with Gasteiger partial charge >= 0.3 is 0 Å². The lowest BCUT2D eigenvalue weighted by Gasteiger charge is -2.22. The van der Waals surface area contributed by atoms with Gasteiger partial charge in [0.2, 0.25) is 0 Å². The van der Waals surface area contributed by atoms with Crippen LogP contribution in [0.3, 0.4) is 0 Å². The smallest absolute Gasteiger partial charge is 0.0547 e. The fourth-order valence-corrected chi connectivity index (χ4v) is 2.33. The van der Waals surface area contributed by atoms with Crippen molar-refractivity contribution >= 4 is 0 Å². The van der Waals surface area contributed by atoms with Gasteiger partial charge in [-0.25, -0.2) is 0 Å². The van der Waals surface area contributed by atoms with Gasteiger partial charge in [-0.15, -0.1) is 0 Å². The molecule has 0 amide bonds. The van der Waals surface area contributed by atoms with Crippen molar-refractivity contribution < 1.29 is 0 Å². The molecule has 3 heteroatoms.